The average Bonchev–Trinajstić information content (AvgIpc) is 2.06. The molecule has 1 aromatic carbocycles. The zero-order valence-corrected chi connectivity index (χ0v) is 9.62. The second-order valence-corrected chi connectivity index (χ2v) is 5.19. The molecule has 0 bridgehead atoms. The largest absolute Gasteiger partial charge is 0.474 e. The molecule has 0 N–H and O–H groups in total. The molecule has 5 heteroatoms. The fraction of sp³-hybridized carbons (Fsp3) is 0.400. The molecular weight excluding hydrogens is 224 g/mol. The maximum absolute atomic E-state index is 12.4. The van der Waals surface area contributed by atoms with E-state index in [0.29, 0.717) is 5.75 Å². The molecule has 0 spiro atoms. The van der Waals surface area contributed by atoms with Crippen molar-refractivity contribution < 1.29 is 17.7 Å². The Balaban J connectivity index is 3.06. The van der Waals surface area contributed by atoms with Crippen LogP contribution < -0.4 is 4.52 Å². The summed E-state index contributed by atoms with van der Waals surface area (Å²) in [6, 6.07) is 3.55. The zero-order valence-electron chi connectivity index (χ0n) is 8.72. The summed E-state index contributed by atoms with van der Waals surface area (Å²) in [5.74, 6) is 0.320. The van der Waals surface area contributed by atoms with E-state index in [1.807, 2.05) is 13.3 Å². The molecule has 84 valence electrons. The fourth-order valence-corrected chi connectivity index (χ4v) is 1.66. The highest BCUT2D eigenvalue weighted by atomic mass is 31.1. The van der Waals surface area contributed by atoms with Crippen LogP contribution in [-0.4, -0.2) is 13.3 Å². The maximum Gasteiger partial charge on any atom is 0.416 e. The van der Waals surface area contributed by atoms with Gasteiger partial charge in [0.1, 0.15) is 5.75 Å². The highest BCUT2D eigenvalue weighted by Crippen LogP contribution is 2.37. The smallest absolute Gasteiger partial charge is 0.416 e. The first-order valence-corrected chi connectivity index (χ1v) is 6.49. The minimum atomic E-state index is -4.31. The molecule has 0 unspecified atom stereocenters. The Labute approximate surface area is 88.1 Å². The van der Waals surface area contributed by atoms with Crippen LogP contribution in [-0.2, 0) is 6.18 Å². The monoisotopic (exact) mass is 236 g/mol. The van der Waals surface area contributed by atoms with Crippen molar-refractivity contribution in [3.05, 3.63) is 29.3 Å². The molecule has 0 radical (unpaired) electrons. The highest BCUT2D eigenvalue weighted by Gasteiger charge is 2.31. The molecule has 1 aromatic rings. The molecule has 0 aliphatic rings. The molecule has 1 rings (SSSR count). The van der Waals surface area contributed by atoms with Gasteiger partial charge in [-0.2, -0.15) is 13.2 Å². The van der Waals surface area contributed by atoms with Crippen molar-refractivity contribution in [3.63, 3.8) is 0 Å². The zero-order chi connectivity index (χ0) is 11.6. The van der Waals surface area contributed by atoms with E-state index in [1.54, 1.807) is 6.92 Å². The molecule has 0 fully saturated rings. The lowest BCUT2D eigenvalue weighted by Crippen LogP contribution is -2.05. The minimum Gasteiger partial charge on any atom is -0.474 e. The Kier molecular flexibility index (Phi) is 3.61. The lowest BCUT2D eigenvalue weighted by atomic mass is 10.1. The number of hydrogen-bond acceptors (Lipinski definition) is 1. The van der Waals surface area contributed by atoms with Crippen molar-refractivity contribution in [1.82, 2.24) is 0 Å². The number of halogens is 3. The second-order valence-electron chi connectivity index (χ2n) is 3.38. The van der Waals surface area contributed by atoms with Crippen LogP contribution in [0.25, 0.3) is 0 Å². The van der Waals surface area contributed by atoms with E-state index in [1.165, 1.54) is 6.07 Å². The predicted octanol–water partition coefficient (Wildman–Crippen LogP) is 4.05. The third kappa shape index (κ3) is 3.38. The van der Waals surface area contributed by atoms with Crippen molar-refractivity contribution >= 4 is 8.15 Å². The van der Waals surface area contributed by atoms with E-state index >= 15 is 0 Å². The highest BCUT2D eigenvalue weighted by molar-refractivity contribution is 7.51. The summed E-state index contributed by atoms with van der Waals surface area (Å²) >= 11 is 0. The molecule has 0 aliphatic carbocycles. The van der Waals surface area contributed by atoms with Crippen molar-refractivity contribution in [3.8, 4) is 5.75 Å². The van der Waals surface area contributed by atoms with Crippen LogP contribution in [0.4, 0.5) is 13.2 Å². The van der Waals surface area contributed by atoms with Gasteiger partial charge in [-0.1, -0.05) is 6.07 Å². The standard InChI is InChI=1S/C10H12F3OP/c1-7-4-5-8(10(11,12)13)6-9(7)14-15(2)3/h4-6H,1-3H3. The average molecular weight is 236 g/mol. The van der Waals surface area contributed by atoms with E-state index in [0.717, 1.165) is 17.7 Å². The SMILES string of the molecule is Cc1ccc(C(F)(F)F)cc1OP(C)C. The lowest BCUT2D eigenvalue weighted by Gasteiger charge is -2.14. The van der Waals surface area contributed by atoms with E-state index in [4.69, 9.17) is 4.52 Å². The van der Waals surface area contributed by atoms with Crippen LogP contribution >= 0.6 is 8.15 Å². The first-order chi connectivity index (χ1) is 6.80. The normalized spacial score (nSPS) is 11.9. The molecule has 0 amide bonds. The van der Waals surface area contributed by atoms with Gasteiger partial charge in [0.15, 0.2) is 0 Å². The van der Waals surface area contributed by atoms with Gasteiger partial charge in [0.05, 0.1) is 13.7 Å². The van der Waals surface area contributed by atoms with Gasteiger partial charge in [0, 0.05) is 0 Å². The Hall–Kier alpha value is -0.760. The third-order valence-electron chi connectivity index (χ3n) is 1.80. The fourth-order valence-electron chi connectivity index (χ4n) is 1.07. The molecule has 0 saturated carbocycles. The lowest BCUT2D eigenvalue weighted by molar-refractivity contribution is -0.137. The summed E-state index contributed by atoms with van der Waals surface area (Å²) in [5.41, 5.74) is 0.0548. The predicted molar refractivity (Wildman–Crippen MR) is 55.6 cm³/mol. The summed E-state index contributed by atoms with van der Waals surface area (Å²) in [6.45, 7) is 5.42. The first-order valence-electron chi connectivity index (χ1n) is 4.34. The van der Waals surface area contributed by atoms with Crippen molar-refractivity contribution in [2.24, 2.45) is 0 Å². The molecule has 0 saturated heterocycles. The summed E-state index contributed by atoms with van der Waals surface area (Å²) in [5, 5.41) is 0. The Morgan fingerprint density at radius 3 is 2.27 bits per heavy atom. The van der Waals surface area contributed by atoms with Gasteiger partial charge in [-0.25, -0.2) is 0 Å². The van der Waals surface area contributed by atoms with Crippen molar-refractivity contribution in [1.29, 1.82) is 0 Å². The van der Waals surface area contributed by atoms with Crippen LogP contribution in [0, 0.1) is 6.92 Å². The number of rotatable bonds is 2. The van der Waals surface area contributed by atoms with Crippen molar-refractivity contribution in [2.75, 3.05) is 13.3 Å². The summed E-state index contributed by atoms with van der Waals surface area (Å²) < 4.78 is 42.5. The van der Waals surface area contributed by atoms with Crippen LogP contribution in [0.3, 0.4) is 0 Å². The van der Waals surface area contributed by atoms with Gasteiger partial charge in [-0.3, -0.25) is 0 Å². The summed E-state index contributed by atoms with van der Waals surface area (Å²) in [4.78, 5) is 0. The van der Waals surface area contributed by atoms with E-state index in [9.17, 15) is 13.2 Å². The molecule has 0 heterocycles. The van der Waals surface area contributed by atoms with E-state index < -0.39 is 19.9 Å². The number of benzene rings is 1. The quantitative estimate of drug-likeness (QED) is 0.704. The molecule has 0 atom stereocenters. The Morgan fingerprint density at radius 1 is 1.20 bits per heavy atom. The summed E-state index contributed by atoms with van der Waals surface area (Å²) in [7, 11) is -0.709. The van der Waals surface area contributed by atoms with Crippen LogP contribution in [0.1, 0.15) is 11.1 Å². The van der Waals surface area contributed by atoms with E-state index in [-0.39, 0.29) is 0 Å². The third-order valence-corrected chi connectivity index (χ3v) is 2.36. The van der Waals surface area contributed by atoms with Gasteiger partial charge in [-0.05, 0) is 37.9 Å². The topological polar surface area (TPSA) is 9.23 Å². The minimum absolute atomic E-state index is 0.320. The Bertz CT molecular complexity index is 347. The van der Waals surface area contributed by atoms with Gasteiger partial charge >= 0.3 is 6.18 Å². The number of alkyl halides is 3. The molecule has 1 nitrogen and oxygen atoms in total. The van der Waals surface area contributed by atoms with Crippen molar-refractivity contribution in [2.45, 2.75) is 13.1 Å². The molecular formula is C10H12F3OP. The molecule has 0 aliphatic heterocycles. The summed E-state index contributed by atoms with van der Waals surface area (Å²) in [6.07, 6.45) is -4.31. The van der Waals surface area contributed by atoms with Gasteiger partial charge in [0.25, 0.3) is 0 Å². The number of aryl methyl sites for hydroxylation is 1. The van der Waals surface area contributed by atoms with Crippen LogP contribution in [0.15, 0.2) is 18.2 Å². The molecule has 15 heavy (non-hydrogen) atoms. The van der Waals surface area contributed by atoms with Gasteiger partial charge < -0.3 is 4.52 Å². The van der Waals surface area contributed by atoms with Gasteiger partial charge in [0.2, 0.25) is 0 Å². The number of hydrogen-bond donors (Lipinski definition) is 0. The van der Waals surface area contributed by atoms with Crippen LogP contribution in [0.5, 0.6) is 5.75 Å². The van der Waals surface area contributed by atoms with Crippen LogP contribution in [0.2, 0.25) is 0 Å². The second kappa shape index (κ2) is 4.40. The maximum atomic E-state index is 12.4. The first kappa shape index (κ1) is 12.3. The Morgan fingerprint density at radius 2 is 1.80 bits per heavy atom. The van der Waals surface area contributed by atoms with E-state index in [2.05, 4.69) is 0 Å². The van der Waals surface area contributed by atoms with Gasteiger partial charge in [-0.15, -0.1) is 0 Å². The molecule has 0 aromatic heterocycles.